The van der Waals surface area contributed by atoms with Crippen LogP contribution in [-0.4, -0.2) is 110 Å². The summed E-state index contributed by atoms with van der Waals surface area (Å²) in [6.07, 6.45) is -1.70. The number of ether oxygens (including phenoxy) is 1. The van der Waals surface area contributed by atoms with Gasteiger partial charge in [0.15, 0.2) is 0 Å². The van der Waals surface area contributed by atoms with Crippen molar-refractivity contribution in [2.24, 2.45) is 0 Å². The Morgan fingerprint density at radius 1 is 1.09 bits per heavy atom. The maximum atomic E-state index is 13.7. The Morgan fingerprint density at radius 2 is 1.76 bits per heavy atom. The molecule has 4 rings (SSSR count). The minimum absolute atomic E-state index is 0. The first-order chi connectivity index (χ1) is 20.9. The second-order valence-electron chi connectivity index (χ2n) is 9.68. The van der Waals surface area contributed by atoms with Crippen LogP contribution in [0.1, 0.15) is 25.5 Å². The zero-order valence-electron chi connectivity index (χ0n) is 24.3. The molecule has 0 saturated carbocycles. The first kappa shape index (κ1) is 35.4. The number of carboxylic acid groups (broad SMARTS) is 1. The molecule has 0 bridgehead atoms. The third kappa shape index (κ3) is 7.08. The van der Waals surface area contributed by atoms with E-state index < -0.39 is 93.1 Å². The number of amides is 7. The molecule has 0 aromatic heterocycles. The summed E-state index contributed by atoms with van der Waals surface area (Å²) in [4.78, 5) is 102. The predicted molar refractivity (Wildman–Crippen MR) is 144 cm³/mol. The van der Waals surface area contributed by atoms with Crippen LogP contribution in [0.4, 0.5) is 4.79 Å². The van der Waals surface area contributed by atoms with Gasteiger partial charge in [-0.15, -0.1) is 0 Å². The van der Waals surface area contributed by atoms with Crippen LogP contribution in [0.15, 0.2) is 41.6 Å². The van der Waals surface area contributed by atoms with Gasteiger partial charge in [0.25, 0.3) is 5.91 Å². The van der Waals surface area contributed by atoms with E-state index in [2.05, 4.69) is 16.0 Å². The van der Waals surface area contributed by atoms with E-state index >= 15 is 0 Å². The summed E-state index contributed by atoms with van der Waals surface area (Å²) < 4.78 is 18.2. The molecule has 234 valence electrons. The number of nitrogens with one attached hydrogen (secondary N) is 3. The molecule has 2 fully saturated rings. The number of esters is 1. The number of nitrogens with zero attached hydrogens (tertiary/aromatic N) is 3. The molecule has 17 nitrogen and oxygen atoms in total. The standard InChI is InChI=1S/C26H28N6O11S.Na/c1-3-30-9-10-31(23(38)22(30)37)26(41)28-16(14-7-5-4-6-8-14)19(35)29-20(43-13(2)34)15-11-44(42)24-17(27-12-33)21(36)32(24)18(15)25(39)40;/h4-8,12,16-17,20,24H,3,9-11H2,1-2H3,(H,27,33)(H,28,41)(H,29,35)(H,39,40);/q;+1/p-1/t16?,17-,20?,24-,44?;/m1./s1. The van der Waals surface area contributed by atoms with Crippen LogP contribution >= 0.6 is 0 Å². The first-order valence-corrected chi connectivity index (χ1v) is 14.6. The van der Waals surface area contributed by atoms with Crippen LogP contribution in [0, 0.1) is 0 Å². The van der Waals surface area contributed by atoms with Crippen molar-refractivity contribution in [3.05, 3.63) is 47.2 Å². The average Bonchev–Trinajstić information content (AvgIpc) is 2.99. The minimum atomic E-state index is -2.03. The van der Waals surface area contributed by atoms with Crippen LogP contribution < -0.4 is 50.6 Å². The van der Waals surface area contributed by atoms with Crippen molar-refractivity contribution in [3.8, 4) is 0 Å². The molecule has 7 amide bonds. The summed E-state index contributed by atoms with van der Waals surface area (Å²) in [5.41, 5.74) is -1.07. The second kappa shape index (κ2) is 14.8. The molecule has 1 aromatic rings. The molecule has 0 aliphatic carbocycles. The quantitative estimate of drug-likeness (QED) is 0.0536. The fourth-order valence-corrected chi connectivity index (χ4v) is 6.68. The van der Waals surface area contributed by atoms with E-state index in [9.17, 15) is 47.7 Å². The summed E-state index contributed by atoms with van der Waals surface area (Å²) in [7, 11) is -2.03. The van der Waals surface area contributed by atoms with Gasteiger partial charge in [-0.05, 0) is 12.5 Å². The fourth-order valence-electron chi connectivity index (χ4n) is 4.97. The number of hydrogen-bond donors (Lipinski definition) is 3. The normalized spacial score (nSPS) is 22.2. The average molecular weight is 655 g/mol. The Labute approximate surface area is 280 Å². The smallest absolute Gasteiger partial charge is 0.543 e. The molecule has 45 heavy (non-hydrogen) atoms. The van der Waals surface area contributed by atoms with Gasteiger partial charge in [0.1, 0.15) is 17.5 Å². The number of hydrogen-bond acceptors (Lipinski definition) is 11. The number of urea groups is 1. The maximum absolute atomic E-state index is 13.7. The molecule has 1 aromatic carbocycles. The molecule has 0 radical (unpaired) electrons. The third-order valence-electron chi connectivity index (χ3n) is 7.07. The van der Waals surface area contributed by atoms with Gasteiger partial charge in [0, 0.05) is 32.1 Å². The molecule has 3 aliphatic heterocycles. The van der Waals surface area contributed by atoms with Gasteiger partial charge in [-0.1, -0.05) is 30.3 Å². The summed E-state index contributed by atoms with van der Waals surface area (Å²) in [5, 5.41) is 17.8. The second-order valence-corrected chi connectivity index (χ2v) is 11.2. The number of piperazine rings is 1. The summed E-state index contributed by atoms with van der Waals surface area (Å²) in [6.45, 7) is 2.79. The Bertz CT molecular complexity index is 1490. The molecular formula is C26H27N6NaO11S. The van der Waals surface area contributed by atoms with E-state index in [0.717, 1.165) is 6.92 Å². The minimum Gasteiger partial charge on any atom is -0.543 e. The molecular weight excluding hydrogens is 627 g/mol. The van der Waals surface area contributed by atoms with Crippen LogP contribution in [0.5, 0.6) is 0 Å². The largest absolute Gasteiger partial charge is 1.00 e. The Hall–Kier alpha value is -4.13. The Balaban J connectivity index is 0.00000552. The number of benzene rings is 1. The number of likely N-dealkylation sites (N-methyl/N-ethyl adjacent to an activating group) is 1. The molecule has 5 atom stereocenters. The third-order valence-corrected chi connectivity index (χ3v) is 8.69. The van der Waals surface area contributed by atoms with Gasteiger partial charge in [-0.2, -0.15) is 0 Å². The van der Waals surface area contributed by atoms with Crippen molar-refractivity contribution in [1.82, 2.24) is 30.7 Å². The molecule has 3 aliphatic rings. The summed E-state index contributed by atoms with van der Waals surface area (Å²) >= 11 is 0. The molecule has 19 heteroatoms. The van der Waals surface area contributed by atoms with E-state index in [4.69, 9.17) is 4.74 Å². The Kier molecular flexibility index (Phi) is 11.6. The van der Waals surface area contributed by atoms with E-state index in [1.165, 1.54) is 17.0 Å². The zero-order valence-corrected chi connectivity index (χ0v) is 27.2. The van der Waals surface area contributed by atoms with Crippen molar-refractivity contribution in [2.75, 3.05) is 25.4 Å². The van der Waals surface area contributed by atoms with Crippen molar-refractivity contribution in [1.29, 1.82) is 0 Å². The van der Waals surface area contributed by atoms with Gasteiger partial charge < -0.3 is 35.5 Å². The van der Waals surface area contributed by atoms with E-state index in [1.807, 2.05) is 0 Å². The zero-order chi connectivity index (χ0) is 32.3. The van der Waals surface area contributed by atoms with Crippen LogP contribution in [0.3, 0.4) is 0 Å². The number of fused-ring (bicyclic) bond motifs is 1. The number of carboxylic acids is 1. The predicted octanol–water partition coefficient (Wildman–Crippen LogP) is -6.81. The maximum Gasteiger partial charge on any atom is 1.00 e. The molecule has 3 heterocycles. The van der Waals surface area contributed by atoms with Gasteiger partial charge in [0.05, 0.1) is 28.2 Å². The van der Waals surface area contributed by atoms with Crippen molar-refractivity contribution in [2.45, 2.75) is 37.5 Å². The number of imide groups is 1. The SMILES string of the molecule is CCN1CCN(C(=O)NC(C(=O)NC(OC(C)=O)C2=C(C(=O)[O-])N3C(=O)[C@@H](NC=O)[C@H]3S(=O)C2)c2ccccc2)C(=O)C1=O.[Na+]. The monoisotopic (exact) mass is 654 g/mol. The topological polar surface area (TPSA) is 232 Å². The number of aliphatic carboxylic acids is 1. The van der Waals surface area contributed by atoms with Crippen LogP contribution in [0.25, 0.3) is 0 Å². The van der Waals surface area contributed by atoms with Crippen molar-refractivity contribution < 1.29 is 82.0 Å². The number of carbonyl (C=O) groups excluding carboxylic acids is 8. The molecule has 3 unspecified atom stereocenters. The number of carbonyl (C=O) groups is 8. The molecule has 3 N–H and O–H groups in total. The first-order valence-electron chi connectivity index (χ1n) is 13.2. The fraction of sp³-hybridized carbons (Fsp3) is 0.385. The summed E-state index contributed by atoms with van der Waals surface area (Å²) in [5.74, 6) is -7.50. The van der Waals surface area contributed by atoms with Gasteiger partial charge in [-0.3, -0.25) is 42.8 Å². The van der Waals surface area contributed by atoms with Crippen LogP contribution in [-0.2, 0) is 49.1 Å². The van der Waals surface area contributed by atoms with Gasteiger partial charge >= 0.3 is 53.4 Å². The Morgan fingerprint density at radius 3 is 2.33 bits per heavy atom. The van der Waals surface area contributed by atoms with Crippen molar-refractivity contribution in [3.63, 3.8) is 0 Å². The van der Waals surface area contributed by atoms with E-state index in [1.54, 1.807) is 25.1 Å². The van der Waals surface area contributed by atoms with Crippen molar-refractivity contribution >= 4 is 58.8 Å². The van der Waals surface area contributed by atoms with E-state index in [-0.39, 0.29) is 61.2 Å². The molecule has 2 saturated heterocycles. The number of rotatable bonds is 10. The van der Waals surface area contributed by atoms with Crippen LogP contribution in [0.2, 0.25) is 0 Å². The molecule has 0 spiro atoms. The van der Waals surface area contributed by atoms with E-state index in [0.29, 0.717) is 9.80 Å². The summed E-state index contributed by atoms with van der Waals surface area (Å²) in [6, 6.07) is 3.70. The van der Waals surface area contributed by atoms with Gasteiger partial charge in [-0.25, -0.2) is 4.79 Å². The van der Waals surface area contributed by atoms with Gasteiger partial charge in [0.2, 0.25) is 18.5 Å². The number of β-lactam (4-membered cyclic amide) rings is 1.